The Kier molecular flexibility index (Phi) is 7.48. The maximum atomic E-state index is 14.1. The van der Waals surface area contributed by atoms with Crippen molar-refractivity contribution in [1.82, 2.24) is 0 Å². The fourth-order valence-corrected chi connectivity index (χ4v) is 4.09. The molecule has 2 aromatic rings. The Morgan fingerprint density at radius 1 is 0.897 bits per heavy atom. The van der Waals surface area contributed by atoms with Crippen molar-refractivity contribution in [3.05, 3.63) is 70.3 Å². The van der Waals surface area contributed by atoms with Crippen molar-refractivity contribution in [2.24, 2.45) is 5.92 Å². The van der Waals surface area contributed by atoms with Crippen molar-refractivity contribution in [1.29, 1.82) is 0 Å². The zero-order valence-electron chi connectivity index (χ0n) is 17.3. The first kappa shape index (κ1) is 21.1. The molecule has 1 fully saturated rings. The summed E-state index contributed by atoms with van der Waals surface area (Å²) in [4.78, 5) is 0. The van der Waals surface area contributed by atoms with E-state index in [9.17, 15) is 8.78 Å². The van der Waals surface area contributed by atoms with E-state index in [1.807, 2.05) is 26.0 Å². The zero-order valence-corrected chi connectivity index (χ0v) is 17.3. The van der Waals surface area contributed by atoms with E-state index < -0.39 is 11.6 Å². The van der Waals surface area contributed by atoms with Crippen LogP contribution in [0.2, 0.25) is 0 Å². The lowest BCUT2D eigenvalue weighted by atomic mass is 9.77. The van der Waals surface area contributed by atoms with Crippen LogP contribution < -0.4 is 0 Å². The van der Waals surface area contributed by atoms with E-state index in [2.05, 4.69) is 35.8 Å². The van der Waals surface area contributed by atoms with Crippen LogP contribution in [-0.2, 0) is 6.42 Å². The molecule has 2 aromatic carbocycles. The molecule has 29 heavy (non-hydrogen) atoms. The van der Waals surface area contributed by atoms with Crippen LogP contribution in [0.15, 0.2) is 36.4 Å². The zero-order chi connectivity index (χ0) is 20.6. The molecule has 2 heteroatoms. The van der Waals surface area contributed by atoms with Crippen molar-refractivity contribution in [3.63, 3.8) is 0 Å². The molecule has 0 heterocycles. The van der Waals surface area contributed by atoms with Crippen LogP contribution >= 0.6 is 0 Å². The van der Waals surface area contributed by atoms with Gasteiger partial charge in [0.1, 0.15) is 11.6 Å². The van der Waals surface area contributed by atoms with Gasteiger partial charge in [-0.05, 0) is 80.7 Å². The number of hydrogen-bond donors (Lipinski definition) is 0. The molecule has 0 amide bonds. The Morgan fingerprint density at radius 2 is 1.52 bits per heavy atom. The third kappa shape index (κ3) is 5.71. The van der Waals surface area contributed by atoms with Gasteiger partial charge in [0.15, 0.2) is 0 Å². The van der Waals surface area contributed by atoms with E-state index in [1.54, 1.807) is 0 Å². The van der Waals surface area contributed by atoms with Crippen molar-refractivity contribution >= 4 is 0 Å². The highest BCUT2D eigenvalue weighted by atomic mass is 19.1. The summed E-state index contributed by atoms with van der Waals surface area (Å²) in [5.74, 6) is 12.5. The maximum absolute atomic E-state index is 14.1. The number of benzene rings is 2. The quantitative estimate of drug-likeness (QED) is 0.493. The summed E-state index contributed by atoms with van der Waals surface area (Å²) in [6.07, 6.45) is 7.05. The summed E-state index contributed by atoms with van der Waals surface area (Å²) in [6.45, 7) is 3.81. The average molecular weight is 391 g/mol. The molecular weight excluding hydrogens is 362 g/mol. The second-order valence-corrected chi connectivity index (χ2v) is 7.89. The molecule has 0 unspecified atom stereocenters. The van der Waals surface area contributed by atoms with Gasteiger partial charge in [0.2, 0.25) is 0 Å². The van der Waals surface area contributed by atoms with E-state index in [-0.39, 0.29) is 5.56 Å². The minimum Gasteiger partial charge on any atom is -0.207 e. The molecule has 0 radical (unpaired) electrons. The molecule has 0 spiro atoms. The van der Waals surface area contributed by atoms with Crippen molar-refractivity contribution in [2.45, 2.75) is 64.7 Å². The normalized spacial score (nSPS) is 18.3. The standard InChI is InChI=1S/C27H28F2/c1-3-5-7-20-10-14-23(15-11-20)24-16-12-21(13-17-24)8-9-22-18-26(28)25(6-4-2)27(29)19-22/h12-13,16-20,23H,4,6-7,10-11,14-15H2,1-2H3. The monoisotopic (exact) mass is 390 g/mol. The molecule has 0 atom stereocenters. The van der Waals surface area contributed by atoms with Crippen LogP contribution in [0, 0.1) is 41.2 Å². The third-order valence-electron chi connectivity index (χ3n) is 5.79. The van der Waals surface area contributed by atoms with Crippen molar-refractivity contribution in [2.75, 3.05) is 0 Å². The molecule has 0 bridgehead atoms. The van der Waals surface area contributed by atoms with Crippen molar-refractivity contribution < 1.29 is 8.78 Å². The van der Waals surface area contributed by atoms with Gasteiger partial charge in [-0.1, -0.05) is 37.3 Å². The number of halogens is 2. The third-order valence-corrected chi connectivity index (χ3v) is 5.79. The van der Waals surface area contributed by atoms with Gasteiger partial charge in [-0.2, -0.15) is 0 Å². The van der Waals surface area contributed by atoms with Gasteiger partial charge in [0.05, 0.1) is 0 Å². The topological polar surface area (TPSA) is 0 Å². The molecule has 1 aliphatic carbocycles. The first-order valence-electron chi connectivity index (χ1n) is 10.6. The Morgan fingerprint density at radius 3 is 2.10 bits per heavy atom. The van der Waals surface area contributed by atoms with E-state index >= 15 is 0 Å². The Hall–Kier alpha value is -2.58. The molecule has 1 aliphatic rings. The highest BCUT2D eigenvalue weighted by molar-refractivity contribution is 5.45. The van der Waals surface area contributed by atoms with Crippen LogP contribution in [0.1, 0.15) is 80.5 Å². The lowest BCUT2D eigenvalue weighted by molar-refractivity contribution is 0.331. The first-order valence-corrected chi connectivity index (χ1v) is 10.6. The molecule has 150 valence electrons. The van der Waals surface area contributed by atoms with Gasteiger partial charge in [-0.15, -0.1) is 11.8 Å². The molecular formula is C27H28F2. The lowest BCUT2D eigenvalue weighted by Gasteiger charge is -2.27. The summed E-state index contributed by atoms with van der Waals surface area (Å²) in [7, 11) is 0. The molecule has 0 nitrogen and oxygen atoms in total. The number of hydrogen-bond acceptors (Lipinski definition) is 0. The van der Waals surface area contributed by atoms with Gasteiger partial charge in [-0.25, -0.2) is 8.78 Å². The minimum absolute atomic E-state index is 0.152. The fraction of sp³-hybridized carbons (Fsp3) is 0.407. The second kappa shape index (κ2) is 10.3. The Bertz CT molecular complexity index is 917. The molecule has 3 rings (SSSR count). The largest absolute Gasteiger partial charge is 0.207 e. The van der Waals surface area contributed by atoms with Crippen LogP contribution in [0.3, 0.4) is 0 Å². The maximum Gasteiger partial charge on any atom is 0.130 e. The van der Waals surface area contributed by atoms with E-state index in [0.29, 0.717) is 24.3 Å². The highest BCUT2D eigenvalue weighted by Crippen LogP contribution is 2.36. The average Bonchev–Trinajstić information content (AvgIpc) is 2.74. The highest BCUT2D eigenvalue weighted by Gasteiger charge is 2.21. The van der Waals surface area contributed by atoms with Crippen LogP contribution in [0.5, 0.6) is 0 Å². The van der Waals surface area contributed by atoms with E-state index in [1.165, 1.54) is 43.4 Å². The fourth-order valence-electron chi connectivity index (χ4n) is 4.09. The SMILES string of the molecule is CC#CCC1CCC(c2ccc(C#Cc3cc(F)c(CCC)c(F)c3)cc2)CC1. The number of rotatable bonds is 4. The van der Waals surface area contributed by atoms with Gasteiger partial charge < -0.3 is 0 Å². The van der Waals surface area contributed by atoms with Crippen LogP contribution in [-0.4, -0.2) is 0 Å². The summed E-state index contributed by atoms with van der Waals surface area (Å²) in [5.41, 5.74) is 2.74. The van der Waals surface area contributed by atoms with E-state index in [0.717, 1.165) is 17.9 Å². The predicted octanol–water partition coefficient (Wildman–Crippen LogP) is 7.00. The Balaban J connectivity index is 1.64. The van der Waals surface area contributed by atoms with Gasteiger partial charge in [0.25, 0.3) is 0 Å². The Labute approximate surface area is 173 Å². The smallest absolute Gasteiger partial charge is 0.130 e. The summed E-state index contributed by atoms with van der Waals surface area (Å²) in [5, 5.41) is 0. The van der Waals surface area contributed by atoms with Gasteiger partial charge in [0, 0.05) is 23.1 Å². The van der Waals surface area contributed by atoms with Gasteiger partial charge in [-0.3, -0.25) is 0 Å². The molecule has 0 aliphatic heterocycles. The summed E-state index contributed by atoms with van der Waals surface area (Å²) >= 11 is 0. The van der Waals surface area contributed by atoms with Crippen LogP contribution in [0.4, 0.5) is 8.78 Å². The van der Waals surface area contributed by atoms with E-state index in [4.69, 9.17) is 0 Å². The summed E-state index contributed by atoms with van der Waals surface area (Å²) < 4.78 is 28.1. The molecule has 0 saturated heterocycles. The van der Waals surface area contributed by atoms with Crippen molar-refractivity contribution in [3.8, 4) is 23.7 Å². The minimum atomic E-state index is -0.507. The molecule has 1 saturated carbocycles. The molecule has 0 aromatic heterocycles. The first-order chi connectivity index (χ1) is 14.1. The van der Waals surface area contributed by atoms with Crippen LogP contribution in [0.25, 0.3) is 0 Å². The van der Waals surface area contributed by atoms with Gasteiger partial charge >= 0.3 is 0 Å². The lowest BCUT2D eigenvalue weighted by Crippen LogP contribution is -2.12. The predicted molar refractivity (Wildman–Crippen MR) is 116 cm³/mol. The molecule has 0 N–H and O–H groups in total. The second-order valence-electron chi connectivity index (χ2n) is 7.89. The summed E-state index contributed by atoms with van der Waals surface area (Å²) in [6, 6.07) is 11.0.